The molecule has 0 aliphatic rings. The highest BCUT2D eigenvalue weighted by Crippen LogP contribution is 1.86. The number of hydrogen-bond acceptors (Lipinski definition) is 5. The third-order valence-electron chi connectivity index (χ3n) is 1.53. The third-order valence-corrected chi connectivity index (χ3v) is 3.23. The Morgan fingerprint density at radius 2 is 2.13 bits per heavy atom. The van der Waals surface area contributed by atoms with Crippen molar-refractivity contribution in [1.82, 2.24) is 5.32 Å². The maximum Gasteiger partial charge on any atom is 0.161 e. The molecule has 0 atom stereocenters. The van der Waals surface area contributed by atoms with E-state index in [1.54, 1.807) is 6.92 Å². The van der Waals surface area contributed by atoms with E-state index in [9.17, 15) is 13.2 Å². The van der Waals surface area contributed by atoms with Crippen molar-refractivity contribution in [2.45, 2.75) is 6.92 Å². The normalized spacial score (nSPS) is 12.6. The molecule has 0 amide bonds. The van der Waals surface area contributed by atoms with E-state index in [1.807, 2.05) is 0 Å². The smallest absolute Gasteiger partial charge is 0.161 e. The lowest BCUT2D eigenvalue weighted by Gasteiger charge is -2.00. The first-order valence-corrected chi connectivity index (χ1v) is 6.31. The first-order valence-electron chi connectivity index (χ1n) is 4.48. The molecule has 0 aromatic heterocycles. The molecule has 0 aliphatic carbocycles. The maximum absolute atomic E-state index is 11.0. The van der Waals surface area contributed by atoms with Gasteiger partial charge in [-0.1, -0.05) is 6.92 Å². The molecule has 0 saturated heterocycles. The number of rotatable bonds is 8. The summed E-state index contributed by atoms with van der Waals surface area (Å²) < 4.78 is 22.1. The molecule has 0 heterocycles. The standard InChI is InChI=1S/C8H15N3O3S/c1-2-15(13,14)6-4-10-8-11-7-9-3-5-12/h3,5,7,10H,2,4,6,8H2,1H3. The second-order valence-electron chi connectivity index (χ2n) is 2.63. The Labute approximate surface area is 89.4 Å². The summed E-state index contributed by atoms with van der Waals surface area (Å²) in [5.41, 5.74) is 0. The zero-order chi connectivity index (χ0) is 11.6. The first kappa shape index (κ1) is 13.9. The van der Waals surface area contributed by atoms with E-state index in [0.717, 1.165) is 6.21 Å². The lowest BCUT2D eigenvalue weighted by atomic mass is 10.7. The quantitative estimate of drug-likeness (QED) is 0.259. The number of nitrogens with zero attached hydrogens (tertiary/aromatic N) is 2. The summed E-state index contributed by atoms with van der Waals surface area (Å²) in [6.07, 6.45) is 2.86. The van der Waals surface area contributed by atoms with Crippen molar-refractivity contribution >= 4 is 28.7 Å². The van der Waals surface area contributed by atoms with Gasteiger partial charge in [0, 0.05) is 12.3 Å². The first-order chi connectivity index (χ1) is 7.12. The average Bonchev–Trinajstić information content (AvgIpc) is 2.22. The van der Waals surface area contributed by atoms with Gasteiger partial charge in [-0.25, -0.2) is 13.4 Å². The van der Waals surface area contributed by atoms with Crippen molar-refractivity contribution in [3.63, 3.8) is 0 Å². The fourth-order valence-electron chi connectivity index (χ4n) is 0.677. The van der Waals surface area contributed by atoms with Crippen LogP contribution in [0.2, 0.25) is 0 Å². The Morgan fingerprint density at radius 1 is 1.40 bits per heavy atom. The van der Waals surface area contributed by atoms with Gasteiger partial charge in [0.15, 0.2) is 16.1 Å². The second-order valence-corrected chi connectivity index (χ2v) is 5.10. The molecule has 0 aromatic carbocycles. The number of carbonyl (C=O) groups excluding carboxylic acids is 1. The predicted molar refractivity (Wildman–Crippen MR) is 60.2 cm³/mol. The summed E-state index contributed by atoms with van der Waals surface area (Å²) in [6.45, 7) is 2.27. The van der Waals surface area contributed by atoms with Gasteiger partial charge in [0.05, 0.1) is 18.6 Å². The second kappa shape index (κ2) is 8.25. The number of nitrogens with one attached hydrogen (secondary N) is 1. The highest BCUT2D eigenvalue weighted by atomic mass is 32.2. The van der Waals surface area contributed by atoms with Crippen LogP contribution in [0.3, 0.4) is 0 Å². The van der Waals surface area contributed by atoms with Crippen molar-refractivity contribution in [3.8, 4) is 0 Å². The van der Waals surface area contributed by atoms with Gasteiger partial charge in [-0.15, -0.1) is 0 Å². The van der Waals surface area contributed by atoms with Crippen molar-refractivity contribution in [2.75, 3.05) is 24.7 Å². The maximum atomic E-state index is 11.0. The van der Waals surface area contributed by atoms with E-state index < -0.39 is 9.84 Å². The van der Waals surface area contributed by atoms with Crippen molar-refractivity contribution in [3.05, 3.63) is 0 Å². The van der Waals surface area contributed by atoms with Gasteiger partial charge in [-0.05, 0) is 0 Å². The van der Waals surface area contributed by atoms with E-state index in [2.05, 4.69) is 15.3 Å². The molecule has 0 aliphatic heterocycles. The monoisotopic (exact) mass is 233 g/mol. The number of sulfone groups is 1. The van der Waals surface area contributed by atoms with Crippen molar-refractivity contribution in [1.29, 1.82) is 0 Å². The molecular weight excluding hydrogens is 218 g/mol. The van der Waals surface area contributed by atoms with Crippen molar-refractivity contribution in [2.24, 2.45) is 9.98 Å². The molecule has 86 valence electrons. The zero-order valence-corrected chi connectivity index (χ0v) is 9.40. The fraction of sp³-hybridized carbons (Fsp3) is 0.625. The van der Waals surface area contributed by atoms with Crippen LogP contribution in [0.15, 0.2) is 9.98 Å². The molecule has 0 rings (SSSR count). The van der Waals surface area contributed by atoms with Gasteiger partial charge in [0.25, 0.3) is 0 Å². The van der Waals surface area contributed by atoms with Crippen LogP contribution in [0.25, 0.3) is 0 Å². The summed E-state index contributed by atoms with van der Waals surface area (Å²) in [7, 11) is -2.91. The SMILES string of the molecule is CCS(=O)(=O)CCNCN=CN=CC=O. The average molecular weight is 233 g/mol. The Balaban J connectivity index is 3.52. The summed E-state index contributed by atoms with van der Waals surface area (Å²) in [4.78, 5) is 17.1. The molecule has 7 heteroatoms. The molecule has 0 aromatic rings. The van der Waals surface area contributed by atoms with Gasteiger partial charge >= 0.3 is 0 Å². The molecule has 0 bridgehead atoms. The van der Waals surface area contributed by atoms with E-state index >= 15 is 0 Å². The summed E-state index contributed by atoms with van der Waals surface area (Å²) in [6, 6.07) is 0. The van der Waals surface area contributed by atoms with Gasteiger partial charge in [0.1, 0.15) is 6.34 Å². The highest BCUT2D eigenvalue weighted by Gasteiger charge is 2.04. The highest BCUT2D eigenvalue weighted by molar-refractivity contribution is 7.91. The molecule has 15 heavy (non-hydrogen) atoms. The van der Waals surface area contributed by atoms with Gasteiger partial charge in [-0.2, -0.15) is 0 Å². The Bertz CT molecular complexity index is 322. The van der Waals surface area contributed by atoms with Crippen LogP contribution in [-0.2, 0) is 14.6 Å². The third kappa shape index (κ3) is 9.23. The topological polar surface area (TPSA) is 88.0 Å². The Morgan fingerprint density at radius 3 is 2.73 bits per heavy atom. The molecule has 0 unspecified atom stereocenters. The van der Waals surface area contributed by atoms with Crippen LogP contribution < -0.4 is 5.32 Å². The number of hydrogen-bond donors (Lipinski definition) is 1. The van der Waals surface area contributed by atoms with E-state index in [1.165, 1.54) is 6.34 Å². The number of carbonyl (C=O) groups is 1. The minimum atomic E-state index is -2.91. The molecular formula is C8H15N3O3S. The van der Waals surface area contributed by atoms with Gasteiger partial charge in [-0.3, -0.25) is 15.1 Å². The van der Waals surface area contributed by atoms with Crippen LogP contribution in [0, 0.1) is 0 Å². The molecule has 6 nitrogen and oxygen atoms in total. The van der Waals surface area contributed by atoms with Crippen LogP contribution >= 0.6 is 0 Å². The Kier molecular flexibility index (Phi) is 7.65. The molecule has 0 fully saturated rings. The molecule has 0 spiro atoms. The Hall–Kier alpha value is -1.08. The molecule has 0 saturated carbocycles. The van der Waals surface area contributed by atoms with E-state index in [4.69, 9.17) is 0 Å². The predicted octanol–water partition coefficient (Wildman–Crippen LogP) is -0.734. The van der Waals surface area contributed by atoms with Crippen LogP contribution in [-0.4, -0.2) is 52.0 Å². The van der Waals surface area contributed by atoms with Gasteiger partial charge in [0.2, 0.25) is 0 Å². The zero-order valence-electron chi connectivity index (χ0n) is 8.59. The molecule has 1 N–H and O–H groups in total. The van der Waals surface area contributed by atoms with Crippen molar-refractivity contribution < 1.29 is 13.2 Å². The molecule has 0 radical (unpaired) electrons. The van der Waals surface area contributed by atoms with E-state index in [0.29, 0.717) is 12.8 Å². The fourth-order valence-corrected chi connectivity index (χ4v) is 1.42. The summed E-state index contributed by atoms with van der Waals surface area (Å²) in [5.74, 6) is 0.262. The number of aldehydes is 1. The summed E-state index contributed by atoms with van der Waals surface area (Å²) >= 11 is 0. The minimum Gasteiger partial charge on any atom is -0.297 e. The lowest BCUT2D eigenvalue weighted by molar-refractivity contribution is -0.102. The summed E-state index contributed by atoms with van der Waals surface area (Å²) in [5, 5.41) is 2.81. The van der Waals surface area contributed by atoms with Crippen LogP contribution in [0.4, 0.5) is 0 Å². The lowest BCUT2D eigenvalue weighted by Crippen LogP contribution is -2.23. The van der Waals surface area contributed by atoms with Gasteiger partial charge < -0.3 is 0 Å². The van der Waals surface area contributed by atoms with E-state index in [-0.39, 0.29) is 18.2 Å². The largest absolute Gasteiger partial charge is 0.297 e. The minimum absolute atomic E-state index is 0.108. The van der Waals surface area contributed by atoms with Crippen LogP contribution in [0.1, 0.15) is 6.92 Å². The number of aliphatic imine (C=N–C) groups is 2. The van der Waals surface area contributed by atoms with Crippen LogP contribution in [0.5, 0.6) is 0 Å².